The average molecular weight is 297 g/mol. The van der Waals surface area contributed by atoms with Gasteiger partial charge in [-0.2, -0.15) is 0 Å². The summed E-state index contributed by atoms with van der Waals surface area (Å²) in [6.07, 6.45) is 6.27. The molecule has 0 aromatic rings. The van der Waals surface area contributed by atoms with Crippen LogP contribution in [-0.4, -0.2) is 37.7 Å². The van der Waals surface area contributed by atoms with Crippen LogP contribution in [0.3, 0.4) is 0 Å². The molecule has 4 nitrogen and oxygen atoms in total. The van der Waals surface area contributed by atoms with E-state index in [4.69, 9.17) is 15.2 Å². The largest absolute Gasteiger partial charge is 0.381 e. The Balaban J connectivity index is 1.84. The first-order valence-electron chi connectivity index (χ1n) is 8.41. The maximum atomic E-state index is 12.6. The molecule has 2 fully saturated rings. The van der Waals surface area contributed by atoms with Gasteiger partial charge in [0.05, 0.1) is 5.60 Å². The molecule has 2 heterocycles. The molecular weight excluding hydrogens is 266 g/mol. The Morgan fingerprint density at radius 2 is 1.95 bits per heavy atom. The molecule has 2 N–H and O–H groups in total. The van der Waals surface area contributed by atoms with Gasteiger partial charge < -0.3 is 15.2 Å². The van der Waals surface area contributed by atoms with E-state index in [1.54, 1.807) is 0 Å². The highest BCUT2D eigenvalue weighted by atomic mass is 16.5. The topological polar surface area (TPSA) is 61.6 Å². The number of carbonyl (C=O) groups is 1. The van der Waals surface area contributed by atoms with Crippen LogP contribution < -0.4 is 5.73 Å². The maximum Gasteiger partial charge on any atom is 0.136 e. The number of carbonyl (C=O) groups excluding carboxylic acids is 1. The summed E-state index contributed by atoms with van der Waals surface area (Å²) < 4.78 is 11.5. The molecule has 2 rings (SSSR count). The zero-order chi connectivity index (χ0) is 15.3. The molecule has 4 heteroatoms. The molecule has 1 atom stereocenters. The smallest absolute Gasteiger partial charge is 0.136 e. The van der Waals surface area contributed by atoms with Crippen molar-refractivity contribution in [3.63, 3.8) is 0 Å². The Morgan fingerprint density at radius 1 is 1.24 bits per heavy atom. The molecule has 0 bridgehead atoms. The summed E-state index contributed by atoms with van der Waals surface area (Å²) in [7, 11) is 0. The summed E-state index contributed by atoms with van der Waals surface area (Å²) in [5.74, 6) is 0.611. The predicted molar refractivity (Wildman–Crippen MR) is 83.2 cm³/mol. The molecule has 21 heavy (non-hydrogen) atoms. The Hall–Kier alpha value is -0.450. The van der Waals surface area contributed by atoms with Gasteiger partial charge in [0.1, 0.15) is 5.78 Å². The van der Waals surface area contributed by atoms with Crippen molar-refractivity contribution in [1.82, 2.24) is 0 Å². The fraction of sp³-hybridized carbons (Fsp3) is 0.941. The van der Waals surface area contributed by atoms with Crippen molar-refractivity contribution in [2.75, 3.05) is 26.4 Å². The monoisotopic (exact) mass is 297 g/mol. The summed E-state index contributed by atoms with van der Waals surface area (Å²) in [4.78, 5) is 12.6. The third-order valence-corrected chi connectivity index (χ3v) is 5.22. The van der Waals surface area contributed by atoms with E-state index in [-0.39, 0.29) is 16.9 Å². The highest BCUT2D eigenvalue weighted by Crippen LogP contribution is 2.38. The first kappa shape index (κ1) is 16.9. The molecule has 2 aliphatic rings. The zero-order valence-electron chi connectivity index (χ0n) is 13.7. The Bertz CT molecular complexity index is 342. The minimum Gasteiger partial charge on any atom is -0.381 e. The van der Waals surface area contributed by atoms with Crippen LogP contribution in [0.4, 0.5) is 0 Å². The van der Waals surface area contributed by atoms with Gasteiger partial charge in [-0.3, -0.25) is 4.79 Å². The van der Waals surface area contributed by atoms with Gasteiger partial charge in [-0.25, -0.2) is 0 Å². The van der Waals surface area contributed by atoms with Gasteiger partial charge in [0.15, 0.2) is 0 Å². The lowest BCUT2D eigenvalue weighted by Gasteiger charge is -2.43. The van der Waals surface area contributed by atoms with Gasteiger partial charge >= 0.3 is 0 Å². The third-order valence-electron chi connectivity index (χ3n) is 5.22. The molecule has 0 aromatic heterocycles. The minimum absolute atomic E-state index is 0.0798. The van der Waals surface area contributed by atoms with Gasteiger partial charge in [0.2, 0.25) is 0 Å². The van der Waals surface area contributed by atoms with Crippen LogP contribution in [0.5, 0.6) is 0 Å². The lowest BCUT2D eigenvalue weighted by atomic mass is 9.76. The molecule has 1 unspecified atom stereocenters. The SMILES string of the molecule is CC(C)(CCN)CCC(=O)C1CCOC2(CCOCC2)C1. The summed E-state index contributed by atoms with van der Waals surface area (Å²) in [6, 6.07) is 0. The molecule has 0 radical (unpaired) electrons. The Labute approximate surface area is 128 Å². The standard InChI is InChI=1S/C17H31NO3/c1-16(2,6-9-18)5-3-15(19)14-4-10-21-17(13-14)7-11-20-12-8-17/h14H,3-13,18H2,1-2H3. The highest BCUT2D eigenvalue weighted by molar-refractivity contribution is 5.81. The first-order valence-corrected chi connectivity index (χ1v) is 8.41. The normalized spacial score (nSPS) is 26.0. The lowest BCUT2D eigenvalue weighted by Crippen LogP contribution is -2.46. The number of ether oxygens (including phenoxy) is 2. The Morgan fingerprint density at radius 3 is 2.62 bits per heavy atom. The molecule has 0 aliphatic carbocycles. The van der Waals surface area contributed by atoms with Crippen molar-refractivity contribution in [2.24, 2.45) is 17.1 Å². The Kier molecular flexibility index (Phi) is 5.81. The van der Waals surface area contributed by atoms with Crippen molar-refractivity contribution in [2.45, 2.75) is 64.4 Å². The van der Waals surface area contributed by atoms with Crippen molar-refractivity contribution in [3.8, 4) is 0 Å². The van der Waals surface area contributed by atoms with Crippen LogP contribution in [0.15, 0.2) is 0 Å². The average Bonchev–Trinajstić information content (AvgIpc) is 2.46. The van der Waals surface area contributed by atoms with E-state index < -0.39 is 0 Å². The number of hydrogen-bond donors (Lipinski definition) is 1. The van der Waals surface area contributed by atoms with Crippen molar-refractivity contribution >= 4 is 5.78 Å². The molecular formula is C17H31NO3. The number of rotatable bonds is 6. The molecule has 122 valence electrons. The van der Waals surface area contributed by atoms with E-state index in [2.05, 4.69) is 13.8 Å². The molecule has 1 spiro atoms. The quantitative estimate of drug-likeness (QED) is 0.819. The number of ketones is 1. The second-order valence-corrected chi connectivity index (χ2v) is 7.50. The van der Waals surface area contributed by atoms with Crippen LogP contribution in [0.1, 0.15) is 58.8 Å². The van der Waals surface area contributed by atoms with Crippen LogP contribution in [0, 0.1) is 11.3 Å². The predicted octanol–water partition coefficient (Wildman–Crippen LogP) is 2.69. The lowest BCUT2D eigenvalue weighted by molar-refractivity contribution is -0.157. The van der Waals surface area contributed by atoms with Crippen molar-refractivity contribution < 1.29 is 14.3 Å². The van der Waals surface area contributed by atoms with Gasteiger partial charge in [-0.05, 0) is 50.5 Å². The van der Waals surface area contributed by atoms with E-state index in [0.29, 0.717) is 18.7 Å². The number of nitrogens with two attached hydrogens (primary N) is 1. The summed E-state index contributed by atoms with van der Waals surface area (Å²) in [5, 5.41) is 0. The van der Waals surface area contributed by atoms with E-state index in [1.807, 2.05) is 0 Å². The fourth-order valence-electron chi connectivity index (χ4n) is 3.58. The summed E-state index contributed by atoms with van der Waals surface area (Å²) in [5.41, 5.74) is 5.74. The molecule has 0 aromatic carbocycles. The summed E-state index contributed by atoms with van der Waals surface area (Å²) in [6.45, 7) is 7.37. The van der Waals surface area contributed by atoms with Gasteiger partial charge in [-0.1, -0.05) is 13.8 Å². The van der Waals surface area contributed by atoms with Crippen LogP contribution in [0.2, 0.25) is 0 Å². The van der Waals surface area contributed by atoms with Crippen LogP contribution in [0.25, 0.3) is 0 Å². The van der Waals surface area contributed by atoms with E-state index >= 15 is 0 Å². The van der Waals surface area contributed by atoms with Gasteiger partial charge in [0.25, 0.3) is 0 Å². The van der Waals surface area contributed by atoms with Crippen molar-refractivity contribution in [3.05, 3.63) is 0 Å². The second kappa shape index (κ2) is 7.21. The minimum atomic E-state index is -0.0798. The van der Waals surface area contributed by atoms with Crippen LogP contribution >= 0.6 is 0 Å². The van der Waals surface area contributed by atoms with Gasteiger partial charge in [-0.15, -0.1) is 0 Å². The van der Waals surface area contributed by atoms with Gasteiger partial charge in [0, 0.05) is 32.2 Å². The highest BCUT2D eigenvalue weighted by Gasteiger charge is 2.41. The maximum absolute atomic E-state index is 12.6. The third kappa shape index (κ3) is 4.76. The first-order chi connectivity index (χ1) is 9.96. The second-order valence-electron chi connectivity index (χ2n) is 7.50. The number of Topliss-reactive ketones (excluding diaryl/α,β-unsaturated/α-hetero) is 1. The molecule has 2 saturated heterocycles. The zero-order valence-corrected chi connectivity index (χ0v) is 13.7. The number of hydrogen-bond acceptors (Lipinski definition) is 4. The van der Waals surface area contributed by atoms with E-state index in [0.717, 1.165) is 58.3 Å². The fourth-order valence-corrected chi connectivity index (χ4v) is 3.58. The van der Waals surface area contributed by atoms with E-state index in [9.17, 15) is 4.79 Å². The van der Waals surface area contributed by atoms with Crippen LogP contribution in [-0.2, 0) is 14.3 Å². The summed E-state index contributed by atoms with van der Waals surface area (Å²) >= 11 is 0. The molecule has 0 saturated carbocycles. The molecule has 2 aliphatic heterocycles. The van der Waals surface area contributed by atoms with E-state index in [1.165, 1.54) is 0 Å². The molecule has 0 amide bonds. The van der Waals surface area contributed by atoms with Crippen molar-refractivity contribution in [1.29, 1.82) is 0 Å².